The molecule has 0 spiro atoms. The number of carbonyl (C=O) groups excluding carboxylic acids is 1. The molecule has 0 unspecified atom stereocenters. The maximum atomic E-state index is 11.9. The van der Waals surface area contributed by atoms with E-state index in [1.807, 2.05) is 24.3 Å². The lowest BCUT2D eigenvalue weighted by atomic mass is 10.1. The van der Waals surface area contributed by atoms with Crippen LogP contribution in [0, 0.1) is 0 Å². The molecule has 1 aromatic carbocycles. The molecule has 1 heterocycles. The summed E-state index contributed by atoms with van der Waals surface area (Å²) < 4.78 is 0.919. The number of amides is 1. The van der Waals surface area contributed by atoms with E-state index in [0.717, 1.165) is 21.0 Å². The lowest BCUT2D eigenvalue weighted by molar-refractivity contribution is -0.131. The fourth-order valence-corrected chi connectivity index (χ4v) is 2.76. The highest BCUT2D eigenvalue weighted by atomic mass is 79.9. The normalized spacial score (nSPS) is 10.7. The Morgan fingerprint density at radius 2 is 2.00 bits per heavy atom. The van der Waals surface area contributed by atoms with Crippen molar-refractivity contribution in [3.05, 3.63) is 62.3 Å². The monoisotopic (exact) mass is 365 g/mol. The van der Waals surface area contributed by atoms with Gasteiger partial charge in [0.05, 0.1) is 9.35 Å². The van der Waals surface area contributed by atoms with Gasteiger partial charge >= 0.3 is 5.97 Å². The zero-order chi connectivity index (χ0) is 15.2. The van der Waals surface area contributed by atoms with Crippen LogP contribution in [0.25, 0.3) is 6.08 Å². The van der Waals surface area contributed by atoms with E-state index in [2.05, 4.69) is 21.2 Å². The number of carboxylic acid groups (broad SMARTS) is 1. The quantitative estimate of drug-likeness (QED) is 0.796. The highest BCUT2D eigenvalue weighted by Gasteiger charge is 2.07. The second-order valence-corrected chi connectivity index (χ2v) is 6.53. The summed E-state index contributed by atoms with van der Waals surface area (Å²) in [6, 6.07) is 9.10. The van der Waals surface area contributed by atoms with E-state index in [0.29, 0.717) is 12.1 Å². The Balaban J connectivity index is 1.92. The van der Waals surface area contributed by atoms with Gasteiger partial charge in [-0.3, -0.25) is 4.79 Å². The topological polar surface area (TPSA) is 66.4 Å². The van der Waals surface area contributed by atoms with Crippen molar-refractivity contribution in [2.45, 2.75) is 6.54 Å². The Hall–Kier alpha value is -1.92. The number of hydrogen-bond acceptors (Lipinski definition) is 3. The summed E-state index contributed by atoms with van der Waals surface area (Å²) in [6.45, 7) is 0.426. The van der Waals surface area contributed by atoms with Gasteiger partial charge < -0.3 is 10.4 Å². The fourth-order valence-electron chi connectivity index (χ4n) is 1.63. The van der Waals surface area contributed by atoms with E-state index < -0.39 is 5.97 Å². The maximum absolute atomic E-state index is 11.9. The van der Waals surface area contributed by atoms with Gasteiger partial charge in [0.25, 0.3) is 5.91 Å². The van der Waals surface area contributed by atoms with Crippen LogP contribution < -0.4 is 5.32 Å². The number of halogens is 1. The molecular weight excluding hydrogens is 354 g/mol. The van der Waals surface area contributed by atoms with Gasteiger partial charge in [-0.05, 0) is 39.2 Å². The zero-order valence-electron chi connectivity index (χ0n) is 10.9. The summed E-state index contributed by atoms with van der Waals surface area (Å²) in [4.78, 5) is 22.3. The number of carbonyl (C=O) groups is 2. The van der Waals surface area contributed by atoms with Crippen molar-refractivity contribution in [3.63, 3.8) is 0 Å². The Labute approximate surface area is 134 Å². The molecule has 1 aromatic heterocycles. The summed E-state index contributed by atoms with van der Waals surface area (Å²) in [5.41, 5.74) is 2.38. The molecule has 0 atom stereocenters. The molecule has 6 heteroatoms. The molecule has 108 valence electrons. The Morgan fingerprint density at radius 3 is 2.57 bits per heavy atom. The molecule has 0 saturated heterocycles. The van der Waals surface area contributed by atoms with Gasteiger partial charge in [0, 0.05) is 18.0 Å². The second kappa shape index (κ2) is 7.19. The van der Waals surface area contributed by atoms with Crippen molar-refractivity contribution >= 4 is 45.2 Å². The van der Waals surface area contributed by atoms with Crippen LogP contribution in [0.15, 0.2) is 45.6 Å². The van der Waals surface area contributed by atoms with Gasteiger partial charge in [-0.1, -0.05) is 24.3 Å². The van der Waals surface area contributed by atoms with Crippen molar-refractivity contribution in [2.24, 2.45) is 0 Å². The molecule has 2 aromatic rings. The fraction of sp³-hybridized carbons (Fsp3) is 0.0667. The van der Waals surface area contributed by atoms with Crippen molar-refractivity contribution < 1.29 is 14.7 Å². The molecule has 0 aliphatic rings. The summed E-state index contributed by atoms with van der Waals surface area (Å²) in [5.74, 6) is -1.10. The molecule has 0 aliphatic carbocycles. The minimum absolute atomic E-state index is 0.119. The van der Waals surface area contributed by atoms with E-state index in [4.69, 9.17) is 5.11 Å². The molecule has 0 saturated carbocycles. The number of benzene rings is 1. The van der Waals surface area contributed by atoms with E-state index in [-0.39, 0.29) is 5.91 Å². The summed E-state index contributed by atoms with van der Waals surface area (Å²) in [7, 11) is 0. The highest BCUT2D eigenvalue weighted by molar-refractivity contribution is 9.11. The number of hydrogen-bond donors (Lipinski definition) is 2. The number of rotatable bonds is 5. The van der Waals surface area contributed by atoms with Gasteiger partial charge in [-0.15, -0.1) is 11.3 Å². The van der Waals surface area contributed by atoms with E-state index in [9.17, 15) is 9.59 Å². The van der Waals surface area contributed by atoms with Gasteiger partial charge in [0.1, 0.15) is 0 Å². The summed E-state index contributed by atoms with van der Waals surface area (Å²) >= 11 is 4.78. The Bertz CT molecular complexity index is 676. The van der Waals surface area contributed by atoms with E-state index in [1.54, 1.807) is 11.4 Å². The lowest BCUT2D eigenvalue weighted by Gasteiger charge is -2.04. The average molecular weight is 366 g/mol. The second-order valence-electron chi connectivity index (χ2n) is 4.24. The van der Waals surface area contributed by atoms with Gasteiger partial charge in [0.15, 0.2) is 0 Å². The number of aliphatic carboxylic acids is 1. The number of nitrogens with one attached hydrogen (secondary N) is 1. The number of thiophene rings is 1. The van der Waals surface area contributed by atoms with Crippen LogP contribution >= 0.6 is 27.3 Å². The maximum Gasteiger partial charge on any atom is 0.328 e. The zero-order valence-corrected chi connectivity index (χ0v) is 13.3. The molecule has 2 N–H and O–H groups in total. The largest absolute Gasteiger partial charge is 0.478 e. The Morgan fingerprint density at radius 1 is 1.29 bits per heavy atom. The molecule has 0 bridgehead atoms. The van der Waals surface area contributed by atoms with Crippen molar-refractivity contribution in [1.82, 2.24) is 5.32 Å². The van der Waals surface area contributed by atoms with E-state index in [1.165, 1.54) is 17.4 Å². The molecule has 0 radical (unpaired) electrons. The molecule has 4 nitrogen and oxygen atoms in total. The smallest absolute Gasteiger partial charge is 0.328 e. The third-order valence-electron chi connectivity index (χ3n) is 2.68. The molecule has 2 rings (SSSR count). The first kappa shape index (κ1) is 15.5. The van der Waals surface area contributed by atoms with Crippen molar-refractivity contribution in [2.75, 3.05) is 0 Å². The lowest BCUT2D eigenvalue weighted by Crippen LogP contribution is -2.22. The molecule has 0 fully saturated rings. The SMILES string of the molecule is O=C(O)/C=C/c1ccc(CNC(=O)c2csc(Br)c2)cc1. The summed E-state index contributed by atoms with van der Waals surface area (Å²) in [6.07, 6.45) is 2.61. The van der Waals surface area contributed by atoms with Crippen LogP contribution in [0.5, 0.6) is 0 Å². The van der Waals surface area contributed by atoms with Crippen LogP contribution in [0.4, 0.5) is 0 Å². The van der Waals surface area contributed by atoms with Crippen LogP contribution in [0.3, 0.4) is 0 Å². The molecule has 0 aliphatic heterocycles. The first-order valence-electron chi connectivity index (χ1n) is 6.07. The van der Waals surface area contributed by atoms with Crippen molar-refractivity contribution in [1.29, 1.82) is 0 Å². The minimum Gasteiger partial charge on any atom is -0.478 e. The predicted molar refractivity (Wildman–Crippen MR) is 86.3 cm³/mol. The van der Waals surface area contributed by atoms with Crippen LogP contribution in [0.2, 0.25) is 0 Å². The third-order valence-corrected chi connectivity index (χ3v) is 4.19. The van der Waals surface area contributed by atoms with Crippen molar-refractivity contribution in [3.8, 4) is 0 Å². The molecule has 1 amide bonds. The van der Waals surface area contributed by atoms with Crippen LogP contribution in [0.1, 0.15) is 21.5 Å². The Kier molecular flexibility index (Phi) is 5.30. The van der Waals surface area contributed by atoms with Crippen LogP contribution in [-0.2, 0) is 11.3 Å². The first-order valence-corrected chi connectivity index (χ1v) is 7.74. The van der Waals surface area contributed by atoms with Crippen LogP contribution in [-0.4, -0.2) is 17.0 Å². The number of carboxylic acids is 1. The predicted octanol–water partition coefficient (Wildman–Crippen LogP) is 3.54. The molecular formula is C15H12BrNO3S. The van der Waals surface area contributed by atoms with Gasteiger partial charge in [-0.25, -0.2) is 4.79 Å². The average Bonchev–Trinajstić information content (AvgIpc) is 2.90. The first-order chi connectivity index (χ1) is 10.0. The summed E-state index contributed by atoms with van der Waals surface area (Å²) in [5, 5.41) is 13.2. The van der Waals surface area contributed by atoms with E-state index >= 15 is 0 Å². The van der Waals surface area contributed by atoms with Gasteiger partial charge in [-0.2, -0.15) is 0 Å². The standard InChI is InChI=1S/C15H12BrNO3S/c16-13-7-12(9-21-13)15(20)17-8-11-3-1-10(2-4-11)5-6-14(18)19/h1-7,9H,8H2,(H,17,20)(H,18,19)/b6-5+. The molecule has 21 heavy (non-hydrogen) atoms. The third kappa shape index (κ3) is 4.84. The minimum atomic E-state index is -0.978. The highest BCUT2D eigenvalue weighted by Crippen LogP contribution is 2.20. The van der Waals surface area contributed by atoms with Gasteiger partial charge in [0.2, 0.25) is 0 Å².